The maximum atomic E-state index is 11.0. The predicted molar refractivity (Wildman–Crippen MR) is 114 cm³/mol. The monoisotopic (exact) mass is 382 g/mol. The smallest absolute Gasteiger partial charge is 0.335 e. The summed E-state index contributed by atoms with van der Waals surface area (Å²) in [7, 11) is 0. The van der Waals surface area contributed by atoms with Crippen molar-refractivity contribution in [1.82, 2.24) is 9.97 Å². The Morgan fingerprint density at radius 3 is 2.28 bits per heavy atom. The van der Waals surface area contributed by atoms with E-state index in [1.54, 1.807) is 24.4 Å². The maximum absolute atomic E-state index is 11.0. The summed E-state index contributed by atoms with van der Waals surface area (Å²) in [5.41, 5.74) is 4.06. The van der Waals surface area contributed by atoms with Gasteiger partial charge in [-0.3, -0.25) is 0 Å². The zero-order chi connectivity index (χ0) is 20.1. The molecule has 6 nitrogen and oxygen atoms in total. The Kier molecular flexibility index (Phi) is 5.16. The van der Waals surface area contributed by atoms with Gasteiger partial charge in [-0.2, -0.15) is 4.98 Å². The van der Waals surface area contributed by atoms with Gasteiger partial charge in [0.25, 0.3) is 0 Å². The van der Waals surface area contributed by atoms with Crippen LogP contribution in [0.25, 0.3) is 11.1 Å². The van der Waals surface area contributed by atoms with E-state index >= 15 is 0 Å². The molecule has 0 atom stereocenters. The van der Waals surface area contributed by atoms with Gasteiger partial charge in [0, 0.05) is 23.1 Å². The molecule has 0 saturated heterocycles. The molecular formula is C23H18N4O2. The van der Waals surface area contributed by atoms with Crippen molar-refractivity contribution in [2.24, 2.45) is 0 Å². The first-order chi connectivity index (χ1) is 14.2. The fourth-order valence-electron chi connectivity index (χ4n) is 2.91. The summed E-state index contributed by atoms with van der Waals surface area (Å²) >= 11 is 0. The van der Waals surface area contributed by atoms with Crippen LogP contribution in [0.3, 0.4) is 0 Å². The number of nitrogens with one attached hydrogen (secondary N) is 2. The number of nitrogens with zero attached hydrogens (tertiary/aromatic N) is 2. The third kappa shape index (κ3) is 4.39. The third-order valence-electron chi connectivity index (χ3n) is 4.32. The van der Waals surface area contributed by atoms with E-state index in [0.717, 1.165) is 16.8 Å². The van der Waals surface area contributed by atoms with Crippen molar-refractivity contribution < 1.29 is 9.90 Å². The van der Waals surface area contributed by atoms with E-state index in [0.29, 0.717) is 17.5 Å². The molecule has 0 radical (unpaired) electrons. The minimum absolute atomic E-state index is 0.226. The van der Waals surface area contributed by atoms with Crippen molar-refractivity contribution in [1.29, 1.82) is 0 Å². The fourth-order valence-corrected chi connectivity index (χ4v) is 2.91. The van der Waals surface area contributed by atoms with Gasteiger partial charge in [0.05, 0.1) is 5.56 Å². The van der Waals surface area contributed by atoms with Gasteiger partial charge < -0.3 is 15.7 Å². The topological polar surface area (TPSA) is 87.1 Å². The average molecular weight is 382 g/mol. The third-order valence-corrected chi connectivity index (χ3v) is 4.32. The number of para-hydroxylation sites is 1. The van der Waals surface area contributed by atoms with Crippen LogP contribution in [0.1, 0.15) is 10.4 Å². The van der Waals surface area contributed by atoms with Crippen molar-refractivity contribution in [2.45, 2.75) is 0 Å². The Hall–Kier alpha value is -4.19. The van der Waals surface area contributed by atoms with Crippen LogP contribution < -0.4 is 10.6 Å². The molecular weight excluding hydrogens is 364 g/mol. The first-order valence-electron chi connectivity index (χ1n) is 9.04. The molecule has 0 amide bonds. The van der Waals surface area contributed by atoms with Gasteiger partial charge in [0.2, 0.25) is 5.95 Å². The van der Waals surface area contributed by atoms with E-state index in [-0.39, 0.29) is 5.56 Å². The molecule has 4 rings (SSSR count). The molecule has 4 aromatic rings. The lowest BCUT2D eigenvalue weighted by molar-refractivity contribution is 0.0697. The molecule has 0 saturated carbocycles. The Morgan fingerprint density at radius 1 is 0.793 bits per heavy atom. The molecule has 0 bridgehead atoms. The number of carboxylic acids is 1. The second-order valence-electron chi connectivity index (χ2n) is 6.31. The molecule has 3 N–H and O–H groups in total. The van der Waals surface area contributed by atoms with E-state index in [9.17, 15) is 4.79 Å². The highest BCUT2D eigenvalue weighted by Crippen LogP contribution is 2.29. The largest absolute Gasteiger partial charge is 0.478 e. The molecule has 1 aromatic heterocycles. The van der Waals surface area contributed by atoms with E-state index in [1.165, 1.54) is 12.1 Å². The zero-order valence-corrected chi connectivity index (χ0v) is 15.4. The molecule has 0 aliphatic carbocycles. The number of carboxylic acid groups (broad SMARTS) is 1. The number of carbonyl (C=O) groups is 1. The van der Waals surface area contributed by atoms with Crippen molar-refractivity contribution in [3.63, 3.8) is 0 Å². The first-order valence-corrected chi connectivity index (χ1v) is 9.04. The van der Waals surface area contributed by atoms with E-state index < -0.39 is 5.97 Å². The first kappa shape index (κ1) is 18.2. The number of hydrogen-bond donors (Lipinski definition) is 3. The number of anilines is 4. The second-order valence-corrected chi connectivity index (χ2v) is 6.31. The van der Waals surface area contributed by atoms with Crippen LogP contribution in [0, 0.1) is 0 Å². The highest BCUT2D eigenvalue weighted by molar-refractivity contribution is 5.88. The van der Waals surface area contributed by atoms with Crippen molar-refractivity contribution in [3.8, 4) is 11.1 Å². The molecule has 29 heavy (non-hydrogen) atoms. The Balaban J connectivity index is 1.55. The van der Waals surface area contributed by atoms with Crippen LogP contribution in [0.15, 0.2) is 91.1 Å². The minimum atomic E-state index is -0.962. The number of aromatic nitrogens is 2. The van der Waals surface area contributed by atoms with Crippen LogP contribution in [0.2, 0.25) is 0 Å². The van der Waals surface area contributed by atoms with Gasteiger partial charge >= 0.3 is 5.97 Å². The molecule has 142 valence electrons. The number of benzene rings is 3. The Morgan fingerprint density at radius 2 is 1.52 bits per heavy atom. The summed E-state index contributed by atoms with van der Waals surface area (Å²) < 4.78 is 0. The van der Waals surface area contributed by atoms with E-state index in [4.69, 9.17) is 5.11 Å². The maximum Gasteiger partial charge on any atom is 0.335 e. The van der Waals surface area contributed by atoms with Crippen molar-refractivity contribution in [2.75, 3.05) is 10.6 Å². The average Bonchev–Trinajstić information content (AvgIpc) is 2.75. The fraction of sp³-hybridized carbons (Fsp3) is 0. The standard InChI is InChI=1S/C23H18N4O2/c28-22(29)17-10-12-18(13-11-17)25-23-24-15-14-21(27-23)26-20-9-5-4-8-19(20)16-6-2-1-3-7-16/h1-15H,(H,28,29)(H2,24,25,26,27). The lowest BCUT2D eigenvalue weighted by Gasteiger charge is -2.12. The quantitative estimate of drug-likeness (QED) is 0.418. The molecule has 0 aliphatic heterocycles. The lowest BCUT2D eigenvalue weighted by atomic mass is 10.0. The van der Waals surface area contributed by atoms with Crippen molar-refractivity contribution in [3.05, 3.63) is 96.7 Å². The van der Waals surface area contributed by atoms with Crippen LogP contribution in [0.4, 0.5) is 23.1 Å². The van der Waals surface area contributed by atoms with Crippen LogP contribution in [-0.2, 0) is 0 Å². The van der Waals surface area contributed by atoms with E-state index in [2.05, 4.69) is 38.8 Å². The zero-order valence-electron chi connectivity index (χ0n) is 15.4. The summed E-state index contributed by atoms with van der Waals surface area (Å²) in [6, 6.07) is 26.4. The summed E-state index contributed by atoms with van der Waals surface area (Å²) in [6.07, 6.45) is 1.66. The highest BCUT2D eigenvalue weighted by atomic mass is 16.4. The highest BCUT2D eigenvalue weighted by Gasteiger charge is 2.07. The number of rotatable bonds is 6. The molecule has 0 aliphatic rings. The summed E-state index contributed by atoms with van der Waals surface area (Å²) in [6.45, 7) is 0. The number of aromatic carboxylic acids is 1. The molecule has 0 spiro atoms. The summed E-state index contributed by atoms with van der Waals surface area (Å²) in [5.74, 6) is 0.0967. The Bertz CT molecular complexity index is 1130. The summed E-state index contributed by atoms with van der Waals surface area (Å²) in [4.78, 5) is 19.7. The normalized spacial score (nSPS) is 10.3. The molecule has 0 unspecified atom stereocenters. The Labute approximate surface area is 167 Å². The molecule has 6 heteroatoms. The molecule has 0 fully saturated rings. The summed E-state index contributed by atoms with van der Waals surface area (Å²) in [5, 5.41) is 15.4. The number of hydrogen-bond acceptors (Lipinski definition) is 5. The molecule has 1 heterocycles. The molecule has 3 aromatic carbocycles. The van der Waals surface area contributed by atoms with Crippen LogP contribution in [0.5, 0.6) is 0 Å². The minimum Gasteiger partial charge on any atom is -0.478 e. The van der Waals surface area contributed by atoms with Gasteiger partial charge in [-0.1, -0.05) is 48.5 Å². The lowest BCUT2D eigenvalue weighted by Crippen LogP contribution is -2.01. The van der Waals surface area contributed by atoms with Crippen LogP contribution >= 0.6 is 0 Å². The van der Waals surface area contributed by atoms with Crippen molar-refractivity contribution >= 4 is 29.1 Å². The van der Waals surface area contributed by atoms with Gasteiger partial charge in [-0.25, -0.2) is 9.78 Å². The second kappa shape index (κ2) is 8.22. The predicted octanol–water partition coefficient (Wildman–Crippen LogP) is 5.33. The van der Waals surface area contributed by atoms with E-state index in [1.807, 2.05) is 36.4 Å². The van der Waals surface area contributed by atoms with Gasteiger partial charge in [0.15, 0.2) is 0 Å². The van der Waals surface area contributed by atoms with Crippen LogP contribution in [-0.4, -0.2) is 21.0 Å². The van der Waals surface area contributed by atoms with Gasteiger partial charge in [-0.05, 0) is 42.0 Å². The van der Waals surface area contributed by atoms with Gasteiger partial charge in [-0.15, -0.1) is 0 Å². The van der Waals surface area contributed by atoms with Gasteiger partial charge in [0.1, 0.15) is 5.82 Å². The SMILES string of the molecule is O=C(O)c1ccc(Nc2nccc(Nc3ccccc3-c3ccccc3)n2)cc1.